The Bertz CT molecular complexity index is 1090. The van der Waals surface area contributed by atoms with Crippen molar-refractivity contribution in [2.75, 3.05) is 10.5 Å². The summed E-state index contributed by atoms with van der Waals surface area (Å²) in [4.78, 5) is 0. The minimum Gasteiger partial charge on any atom is -0.283 e. The number of benzene rings is 3. The summed E-state index contributed by atoms with van der Waals surface area (Å²) >= 11 is 0. The van der Waals surface area contributed by atoms with Crippen molar-refractivity contribution in [3.8, 4) is 22.3 Å². The van der Waals surface area contributed by atoms with Gasteiger partial charge in [-0.1, -0.05) is 54.1 Å². The number of halogens is 1. The summed E-state index contributed by atoms with van der Waals surface area (Å²) in [6.07, 6.45) is 0.462. The molecule has 0 saturated carbocycles. The van der Waals surface area contributed by atoms with Crippen LogP contribution in [0.1, 0.15) is 11.1 Å². The fourth-order valence-corrected chi connectivity index (χ4v) is 4.53. The molecule has 0 bridgehead atoms. The summed E-state index contributed by atoms with van der Waals surface area (Å²) in [6.45, 7) is 1.96. The molecule has 0 aliphatic carbocycles. The molecule has 3 aromatic rings. The lowest BCUT2D eigenvalue weighted by atomic mass is 9.94. The van der Waals surface area contributed by atoms with Crippen LogP contribution in [-0.2, 0) is 16.4 Å². The largest absolute Gasteiger partial charge is 0.283 e. The van der Waals surface area contributed by atoms with E-state index >= 15 is 0 Å². The maximum absolute atomic E-state index is 14.8. The Morgan fingerprint density at radius 3 is 2.42 bits per heavy atom. The number of rotatable bonds is 2. The van der Waals surface area contributed by atoms with Gasteiger partial charge in [0.15, 0.2) is 0 Å². The Labute approximate surface area is 152 Å². The normalized spacial score (nSPS) is 15.2. The molecule has 4 rings (SSSR count). The van der Waals surface area contributed by atoms with Crippen molar-refractivity contribution in [1.29, 1.82) is 0 Å². The van der Waals surface area contributed by atoms with Crippen LogP contribution in [0.25, 0.3) is 22.3 Å². The highest BCUT2D eigenvalue weighted by molar-refractivity contribution is 7.92. The van der Waals surface area contributed by atoms with Gasteiger partial charge in [0.05, 0.1) is 11.4 Å². The number of sulfonamides is 1. The first kappa shape index (κ1) is 16.8. The van der Waals surface area contributed by atoms with E-state index in [2.05, 4.69) is 4.72 Å². The predicted molar refractivity (Wildman–Crippen MR) is 103 cm³/mol. The monoisotopic (exact) mass is 367 g/mol. The van der Waals surface area contributed by atoms with Gasteiger partial charge in [0.2, 0.25) is 10.0 Å². The number of fused-ring (bicyclic) bond motifs is 1. The molecule has 0 fully saturated rings. The molecule has 1 aliphatic rings. The fraction of sp³-hybridized carbons (Fsp3) is 0.143. The Hall–Kier alpha value is -2.66. The van der Waals surface area contributed by atoms with Crippen LogP contribution >= 0.6 is 0 Å². The third-order valence-electron chi connectivity index (χ3n) is 4.63. The van der Waals surface area contributed by atoms with E-state index in [9.17, 15) is 12.8 Å². The maximum Gasteiger partial charge on any atom is 0.233 e. The Morgan fingerprint density at radius 1 is 0.923 bits per heavy atom. The molecular formula is C21H18FNO2S. The molecule has 3 nitrogen and oxygen atoms in total. The van der Waals surface area contributed by atoms with Crippen LogP contribution in [-0.4, -0.2) is 14.2 Å². The van der Waals surface area contributed by atoms with Gasteiger partial charge in [0, 0.05) is 11.1 Å². The average molecular weight is 367 g/mol. The van der Waals surface area contributed by atoms with Gasteiger partial charge in [-0.25, -0.2) is 12.8 Å². The van der Waals surface area contributed by atoms with E-state index in [4.69, 9.17) is 0 Å². The second kappa shape index (κ2) is 6.25. The molecule has 1 aliphatic heterocycles. The summed E-state index contributed by atoms with van der Waals surface area (Å²) in [6, 6.07) is 18.3. The molecule has 0 atom stereocenters. The zero-order valence-corrected chi connectivity index (χ0v) is 15.1. The lowest BCUT2D eigenvalue weighted by molar-refractivity contribution is 0.599. The number of anilines is 1. The highest BCUT2D eigenvalue weighted by atomic mass is 32.2. The fourth-order valence-electron chi connectivity index (χ4n) is 3.39. The third kappa shape index (κ3) is 3.10. The number of hydrogen-bond donors (Lipinski definition) is 1. The SMILES string of the molecule is Cc1cc2c(c(-c3ccc(-c4ccccc4)c(F)c3)c1)NS(=O)(=O)CC2. The zero-order valence-electron chi connectivity index (χ0n) is 14.3. The van der Waals surface area contributed by atoms with Crippen molar-refractivity contribution in [2.45, 2.75) is 13.3 Å². The van der Waals surface area contributed by atoms with Gasteiger partial charge in [0.25, 0.3) is 0 Å². The van der Waals surface area contributed by atoms with E-state index in [0.717, 1.165) is 16.7 Å². The third-order valence-corrected chi connectivity index (χ3v) is 5.88. The molecule has 0 spiro atoms. The van der Waals surface area contributed by atoms with Gasteiger partial charge in [-0.15, -0.1) is 0 Å². The number of aryl methyl sites for hydroxylation is 2. The summed E-state index contributed by atoms with van der Waals surface area (Å²) in [7, 11) is -3.34. The average Bonchev–Trinajstić information content (AvgIpc) is 2.62. The van der Waals surface area contributed by atoms with Crippen molar-refractivity contribution >= 4 is 15.7 Å². The molecule has 132 valence electrons. The molecule has 5 heteroatoms. The summed E-state index contributed by atoms with van der Waals surface area (Å²) in [5.41, 5.74) is 5.23. The van der Waals surface area contributed by atoms with Crippen LogP contribution in [0.5, 0.6) is 0 Å². The molecule has 0 unspecified atom stereocenters. The molecule has 0 aromatic heterocycles. The molecule has 0 radical (unpaired) electrons. The highest BCUT2D eigenvalue weighted by Crippen LogP contribution is 2.37. The lowest BCUT2D eigenvalue weighted by Gasteiger charge is -2.22. The summed E-state index contributed by atoms with van der Waals surface area (Å²) in [5.74, 6) is -0.257. The van der Waals surface area contributed by atoms with Gasteiger partial charge in [-0.2, -0.15) is 0 Å². The van der Waals surface area contributed by atoms with E-state index in [1.54, 1.807) is 6.07 Å². The quantitative estimate of drug-likeness (QED) is 0.709. The van der Waals surface area contributed by atoms with Crippen molar-refractivity contribution in [2.24, 2.45) is 0 Å². The van der Waals surface area contributed by atoms with Crippen molar-refractivity contribution < 1.29 is 12.8 Å². The van der Waals surface area contributed by atoms with Crippen molar-refractivity contribution in [3.05, 3.63) is 77.6 Å². The van der Waals surface area contributed by atoms with Crippen LogP contribution in [0.4, 0.5) is 10.1 Å². The van der Waals surface area contributed by atoms with Crippen LogP contribution < -0.4 is 4.72 Å². The Balaban J connectivity index is 1.84. The smallest absolute Gasteiger partial charge is 0.233 e. The zero-order chi connectivity index (χ0) is 18.3. The minimum atomic E-state index is -3.34. The summed E-state index contributed by atoms with van der Waals surface area (Å²) < 4.78 is 41.4. The molecule has 0 amide bonds. The number of nitrogens with one attached hydrogen (secondary N) is 1. The Morgan fingerprint density at radius 2 is 1.69 bits per heavy atom. The first-order chi connectivity index (χ1) is 12.4. The molecule has 26 heavy (non-hydrogen) atoms. The van der Waals surface area contributed by atoms with E-state index in [1.807, 2.05) is 55.5 Å². The van der Waals surface area contributed by atoms with Gasteiger partial charge in [-0.3, -0.25) is 4.72 Å². The van der Waals surface area contributed by atoms with E-state index < -0.39 is 10.0 Å². The molecule has 1 heterocycles. The first-order valence-corrected chi connectivity index (χ1v) is 10.1. The second-order valence-corrected chi connectivity index (χ2v) is 8.42. The van der Waals surface area contributed by atoms with Gasteiger partial charge in [-0.05, 0) is 42.2 Å². The molecule has 0 saturated heterocycles. The van der Waals surface area contributed by atoms with Gasteiger partial charge in [0.1, 0.15) is 5.82 Å². The second-order valence-electron chi connectivity index (χ2n) is 6.58. The van der Waals surface area contributed by atoms with E-state index in [0.29, 0.717) is 28.8 Å². The van der Waals surface area contributed by atoms with E-state index in [-0.39, 0.29) is 11.6 Å². The van der Waals surface area contributed by atoms with Gasteiger partial charge < -0.3 is 0 Å². The van der Waals surface area contributed by atoms with Gasteiger partial charge >= 0.3 is 0 Å². The van der Waals surface area contributed by atoms with Crippen LogP contribution in [0, 0.1) is 12.7 Å². The lowest BCUT2D eigenvalue weighted by Crippen LogP contribution is -2.24. The maximum atomic E-state index is 14.8. The molecule has 3 aromatic carbocycles. The first-order valence-electron chi connectivity index (χ1n) is 8.42. The van der Waals surface area contributed by atoms with Crippen LogP contribution in [0.15, 0.2) is 60.7 Å². The molecular weight excluding hydrogens is 349 g/mol. The standard InChI is InChI=1S/C21H18FNO2S/c1-14-11-17-9-10-26(24,25)23-21(17)19(12-14)16-7-8-18(20(22)13-16)15-5-3-2-4-6-15/h2-8,11-13,23H,9-10H2,1H3. The topological polar surface area (TPSA) is 46.2 Å². The minimum absolute atomic E-state index is 0.0736. The summed E-state index contributed by atoms with van der Waals surface area (Å²) in [5, 5.41) is 0. The van der Waals surface area contributed by atoms with Crippen molar-refractivity contribution in [1.82, 2.24) is 0 Å². The van der Waals surface area contributed by atoms with Crippen molar-refractivity contribution in [3.63, 3.8) is 0 Å². The predicted octanol–water partition coefficient (Wildman–Crippen LogP) is 4.77. The number of hydrogen-bond acceptors (Lipinski definition) is 2. The van der Waals surface area contributed by atoms with Crippen LogP contribution in [0.3, 0.4) is 0 Å². The highest BCUT2D eigenvalue weighted by Gasteiger charge is 2.23. The molecule has 1 N–H and O–H groups in total. The van der Waals surface area contributed by atoms with Crippen LogP contribution in [0.2, 0.25) is 0 Å². The van der Waals surface area contributed by atoms with E-state index in [1.165, 1.54) is 6.07 Å². The Kier molecular flexibility index (Phi) is 4.04.